The summed E-state index contributed by atoms with van der Waals surface area (Å²) in [5.74, 6) is -1.10. The molecule has 0 unspecified atom stereocenters. The maximum atomic E-state index is 13.5. The lowest BCUT2D eigenvalue weighted by molar-refractivity contribution is -0.137. The minimum Gasteiger partial charge on any atom is -0.463 e. The molecule has 0 radical (unpaired) electrons. The summed E-state index contributed by atoms with van der Waals surface area (Å²) >= 11 is 0. The molecule has 0 aromatic heterocycles. The number of esters is 1. The van der Waals surface area contributed by atoms with Crippen LogP contribution >= 0.6 is 0 Å². The van der Waals surface area contributed by atoms with Gasteiger partial charge in [0.2, 0.25) is 5.91 Å². The summed E-state index contributed by atoms with van der Waals surface area (Å²) < 4.78 is 18.3. The minimum absolute atomic E-state index is 0.0306. The first-order chi connectivity index (χ1) is 11.6. The van der Waals surface area contributed by atoms with E-state index in [2.05, 4.69) is 5.32 Å². The summed E-state index contributed by atoms with van der Waals surface area (Å²) in [6.07, 6.45) is 2.94. The van der Waals surface area contributed by atoms with Crippen LogP contribution in [0.3, 0.4) is 0 Å². The molecule has 24 heavy (non-hydrogen) atoms. The van der Waals surface area contributed by atoms with Crippen molar-refractivity contribution >= 4 is 23.6 Å². The molecule has 4 nitrogen and oxygen atoms in total. The molecule has 0 spiro atoms. The summed E-state index contributed by atoms with van der Waals surface area (Å²) in [5, 5.41) is 2.71. The van der Waals surface area contributed by atoms with Gasteiger partial charge in [0.15, 0.2) is 0 Å². The molecule has 2 rings (SSSR count). The van der Waals surface area contributed by atoms with Crippen molar-refractivity contribution in [2.24, 2.45) is 0 Å². The standard InChI is InChI=1S/C19H18FNO3/c1-2-24-19(23)12-9-14-7-10-16(11-8-14)21-18(22)13-15-5-3-4-6-17(15)20/h3-12H,2,13H2,1H3,(H,21,22)/b12-9+. The fourth-order valence-corrected chi connectivity index (χ4v) is 2.05. The molecular formula is C19H18FNO3. The highest BCUT2D eigenvalue weighted by molar-refractivity contribution is 5.92. The molecular weight excluding hydrogens is 309 g/mol. The molecule has 1 N–H and O–H groups in total. The molecule has 5 heteroatoms. The van der Waals surface area contributed by atoms with Gasteiger partial charge in [-0.1, -0.05) is 30.3 Å². The van der Waals surface area contributed by atoms with Crippen LogP contribution in [0.25, 0.3) is 6.08 Å². The maximum Gasteiger partial charge on any atom is 0.330 e. The number of ether oxygens (including phenoxy) is 1. The van der Waals surface area contributed by atoms with E-state index in [0.717, 1.165) is 5.56 Å². The van der Waals surface area contributed by atoms with Gasteiger partial charge in [-0.15, -0.1) is 0 Å². The lowest BCUT2D eigenvalue weighted by Gasteiger charge is -2.06. The third-order valence-electron chi connectivity index (χ3n) is 3.20. The second-order valence-electron chi connectivity index (χ2n) is 5.02. The highest BCUT2D eigenvalue weighted by Gasteiger charge is 2.07. The fourth-order valence-electron chi connectivity index (χ4n) is 2.05. The highest BCUT2D eigenvalue weighted by atomic mass is 19.1. The number of hydrogen-bond acceptors (Lipinski definition) is 3. The third kappa shape index (κ3) is 5.35. The van der Waals surface area contributed by atoms with Crippen molar-refractivity contribution in [2.45, 2.75) is 13.3 Å². The van der Waals surface area contributed by atoms with E-state index in [4.69, 9.17) is 4.74 Å². The van der Waals surface area contributed by atoms with Crippen molar-refractivity contribution < 1.29 is 18.7 Å². The molecule has 0 saturated heterocycles. The van der Waals surface area contributed by atoms with Crippen molar-refractivity contribution in [1.82, 2.24) is 0 Å². The van der Waals surface area contributed by atoms with Crippen molar-refractivity contribution in [3.8, 4) is 0 Å². The number of hydrogen-bond donors (Lipinski definition) is 1. The lowest BCUT2D eigenvalue weighted by Crippen LogP contribution is -2.15. The number of carbonyl (C=O) groups is 2. The quantitative estimate of drug-likeness (QED) is 0.652. The molecule has 124 valence electrons. The molecule has 0 atom stereocenters. The van der Waals surface area contributed by atoms with Gasteiger partial charge in [0.25, 0.3) is 0 Å². The molecule has 0 aliphatic heterocycles. The second kappa shape index (κ2) is 8.62. The van der Waals surface area contributed by atoms with E-state index >= 15 is 0 Å². The predicted octanol–water partition coefficient (Wildman–Crippen LogP) is 3.58. The molecule has 0 fully saturated rings. The Morgan fingerprint density at radius 2 is 1.83 bits per heavy atom. The Morgan fingerprint density at radius 1 is 1.12 bits per heavy atom. The van der Waals surface area contributed by atoms with Crippen LogP contribution in [0.4, 0.5) is 10.1 Å². The Hall–Kier alpha value is -2.95. The van der Waals surface area contributed by atoms with Gasteiger partial charge in [-0.2, -0.15) is 0 Å². The van der Waals surface area contributed by atoms with E-state index in [0.29, 0.717) is 17.9 Å². The van der Waals surface area contributed by atoms with E-state index in [1.54, 1.807) is 55.5 Å². The summed E-state index contributed by atoms with van der Waals surface area (Å²) in [5.41, 5.74) is 1.75. The van der Waals surface area contributed by atoms with Gasteiger partial charge >= 0.3 is 5.97 Å². The van der Waals surface area contributed by atoms with Crippen LogP contribution in [0.15, 0.2) is 54.6 Å². The molecule has 2 aromatic carbocycles. The maximum absolute atomic E-state index is 13.5. The van der Waals surface area contributed by atoms with Crippen LogP contribution in [0, 0.1) is 5.82 Å². The minimum atomic E-state index is -0.403. The molecule has 0 saturated carbocycles. The normalized spacial score (nSPS) is 10.6. The molecule has 2 aromatic rings. The van der Waals surface area contributed by atoms with E-state index in [1.807, 2.05) is 0 Å². The zero-order chi connectivity index (χ0) is 17.4. The zero-order valence-electron chi connectivity index (χ0n) is 13.3. The number of benzene rings is 2. The summed E-state index contributed by atoms with van der Waals surface area (Å²) in [7, 11) is 0. The van der Waals surface area contributed by atoms with E-state index < -0.39 is 11.8 Å². The van der Waals surface area contributed by atoms with Crippen LogP contribution in [-0.4, -0.2) is 18.5 Å². The van der Waals surface area contributed by atoms with E-state index in [1.165, 1.54) is 12.1 Å². The van der Waals surface area contributed by atoms with Gasteiger partial charge in [-0.05, 0) is 42.3 Å². The van der Waals surface area contributed by atoms with Gasteiger partial charge in [-0.3, -0.25) is 4.79 Å². The molecule has 0 aliphatic carbocycles. The fraction of sp³-hybridized carbons (Fsp3) is 0.158. The smallest absolute Gasteiger partial charge is 0.330 e. The number of amides is 1. The Morgan fingerprint density at radius 3 is 2.50 bits per heavy atom. The monoisotopic (exact) mass is 327 g/mol. The first-order valence-electron chi connectivity index (χ1n) is 7.56. The second-order valence-corrected chi connectivity index (χ2v) is 5.02. The lowest BCUT2D eigenvalue weighted by atomic mass is 10.1. The largest absolute Gasteiger partial charge is 0.463 e. The first-order valence-corrected chi connectivity index (χ1v) is 7.56. The number of anilines is 1. The van der Waals surface area contributed by atoms with E-state index in [9.17, 15) is 14.0 Å². The average Bonchev–Trinajstić information content (AvgIpc) is 2.57. The van der Waals surface area contributed by atoms with Crippen molar-refractivity contribution in [3.05, 3.63) is 71.6 Å². The average molecular weight is 327 g/mol. The van der Waals surface area contributed by atoms with Gasteiger partial charge in [0.05, 0.1) is 13.0 Å². The molecule has 0 bridgehead atoms. The molecule has 0 heterocycles. The third-order valence-corrected chi connectivity index (χ3v) is 3.20. The number of nitrogens with one attached hydrogen (secondary N) is 1. The van der Waals surface area contributed by atoms with E-state index in [-0.39, 0.29) is 12.3 Å². The number of carbonyl (C=O) groups excluding carboxylic acids is 2. The van der Waals surface area contributed by atoms with Gasteiger partial charge in [0, 0.05) is 11.8 Å². The van der Waals surface area contributed by atoms with Gasteiger partial charge in [0.1, 0.15) is 5.82 Å². The van der Waals surface area contributed by atoms with Crippen molar-refractivity contribution in [2.75, 3.05) is 11.9 Å². The number of rotatable bonds is 6. The van der Waals surface area contributed by atoms with Crippen LogP contribution in [0.2, 0.25) is 0 Å². The van der Waals surface area contributed by atoms with Crippen LogP contribution in [0.5, 0.6) is 0 Å². The Bertz CT molecular complexity index is 739. The Balaban J connectivity index is 1.93. The van der Waals surface area contributed by atoms with Crippen molar-refractivity contribution in [3.63, 3.8) is 0 Å². The molecule has 0 aliphatic rings. The zero-order valence-corrected chi connectivity index (χ0v) is 13.3. The highest BCUT2D eigenvalue weighted by Crippen LogP contribution is 2.13. The van der Waals surface area contributed by atoms with Crippen molar-refractivity contribution in [1.29, 1.82) is 0 Å². The first kappa shape index (κ1) is 17.4. The summed E-state index contributed by atoms with van der Waals surface area (Å²) in [6, 6.07) is 13.1. The molecule has 1 amide bonds. The SMILES string of the molecule is CCOC(=O)/C=C/c1ccc(NC(=O)Cc2ccccc2F)cc1. The Labute approximate surface area is 140 Å². The summed E-state index contributed by atoms with van der Waals surface area (Å²) in [6.45, 7) is 2.07. The number of halogens is 1. The Kier molecular flexibility index (Phi) is 6.25. The van der Waals surface area contributed by atoms with Gasteiger partial charge < -0.3 is 10.1 Å². The van der Waals surface area contributed by atoms with Crippen LogP contribution in [0.1, 0.15) is 18.1 Å². The predicted molar refractivity (Wildman–Crippen MR) is 90.8 cm³/mol. The van der Waals surface area contributed by atoms with Gasteiger partial charge in [-0.25, -0.2) is 9.18 Å². The summed E-state index contributed by atoms with van der Waals surface area (Å²) in [4.78, 5) is 23.2. The van der Waals surface area contributed by atoms with Crippen LogP contribution < -0.4 is 5.32 Å². The topological polar surface area (TPSA) is 55.4 Å². The van der Waals surface area contributed by atoms with Crippen LogP contribution in [-0.2, 0) is 20.7 Å².